The minimum absolute atomic E-state index is 0.178. The molecule has 1 rings (SSSR count). The summed E-state index contributed by atoms with van der Waals surface area (Å²) in [6.45, 7) is 2.09. The fourth-order valence-corrected chi connectivity index (χ4v) is 2.08. The number of amidine groups is 1. The smallest absolute Gasteiger partial charge is 0.339 e. The molecule has 0 spiro atoms. The van der Waals surface area contributed by atoms with Crippen LogP contribution >= 0.6 is 11.8 Å². The Morgan fingerprint density at radius 3 is 2.90 bits per heavy atom. The van der Waals surface area contributed by atoms with Gasteiger partial charge in [0.15, 0.2) is 5.17 Å². The number of thioether (sulfide) groups is 1. The summed E-state index contributed by atoms with van der Waals surface area (Å²) in [6.07, 6.45) is 3.40. The van der Waals surface area contributed by atoms with Crippen molar-refractivity contribution in [2.75, 3.05) is 5.75 Å². The quantitative estimate of drug-likeness (QED) is 0.323. The molecule has 0 saturated heterocycles. The number of nitrogens with two attached hydrogens (primary N) is 1. The topological polar surface area (TPSA) is 108 Å². The third-order valence-electron chi connectivity index (χ3n) is 2.40. The largest absolute Gasteiger partial charge is 0.506 e. The Morgan fingerprint density at radius 2 is 2.25 bits per heavy atom. The Morgan fingerprint density at radius 1 is 1.50 bits per heavy atom. The first-order valence-electron chi connectivity index (χ1n) is 6.10. The van der Waals surface area contributed by atoms with Crippen LogP contribution in [0.4, 0.5) is 0 Å². The summed E-state index contributed by atoms with van der Waals surface area (Å²) in [7, 11) is 0. The first-order valence-corrected chi connectivity index (χ1v) is 7.09. The molecule has 1 aromatic rings. The number of carbonyl (C=O) groups is 1. The lowest BCUT2D eigenvalue weighted by molar-refractivity contribution is 0.0693. The summed E-state index contributed by atoms with van der Waals surface area (Å²) in [4.78, 5) is 10.8. The number of carboxylic acid groups (broad SMARTS) is 1. The van der Waals surface area contributed by atoms with Gasteiger partial charge in [-0.3, -0.25) is 0 Å². The summed E-state index contributed by atoms with van der Waals surface area (Å²) in [5.41, 5.74) is 5.74. The molecule has 0 aliphatic carbocycles. The number of para-hydroxylation sites is 1. The molecule has 0 amide bonds. The predicted molar refractivity (Wildman–Crippen MR) is 81.6 cm³/mol. The average Bonchev–Trinajstić information content (AvgIpc) is 2.40. The van der Waals surface area contributed by atoms with Crippen molar-refractivity contribution < 1.29 is 15.0 Å². The van der Waals surface area contributed by atoms with E-state index in [1.807, 2.05) is 0 Å². The highest BCUT2D eigenvalue weighted by Gasteiger charge is 2.11. The van der Waals surface area contributed by atoms with E-state index in [1.54, 1.807) is 6.07 Å². The minimum atomic E-state index is -1.20. The number of rotatable bonds is 6. The van der Waals surface area contributed by atoms with Gasteiger partial charge >= 0.3 is 5.97 Å². The zero-order chi connectivity index (χ0) is 15.0. The van der Waals surface area contributed by atoms with Gasteiger partial charge in [0.05, 0.1) is 6.21 Å². The molecule has 0 aliphatic heterocycles. The molecule has 0 unspecified atom stereocenters. The molecule has 6 nitrogen and oxygen atoms in total. The molecule has 0 atom stereocenters. The molecule has 0 saturated carbocycles. The van der Waals surface area contributed by atoms with Crippen LogP contribution in [-0.2, 0) is 0 Å². The molecule has 0 radical (unpaired) electrons. The van der Waals surface area contributed by atoms with E-state index in [9.17, 15) is 9.90 Å². The number of phenols is 1. The molecule has 0 bridgehead atoms. The van der Waals surface area contributed by atoms with Crippen molar-refractivity contribution in [3.63, 3.8) is 0 Å². The van der Waals surface area contributed by atoms with E-state index in [1.165, 1.54) is 30.1 Å². The van der Waals surface area contributed by atoms with E-state index in [2.05, 4.69) is 17.1 Å². The lowest BCUT2D eigenvalue weighted by Crippen LogP contribution is -2.06. The number of hydrogen-bond donors (Lipinski definition) is 3. The summed E-state index contributed by atoms with van der Waals surface area (Å²) < 4.78 is 0. The monoisotopic (exact) mass is 295 g/mol. The summed E-state index contributed by atoms with van der Waals surface area (Å²) in [5, 5.41) is 26.5. The van der Waals surface area contributed by atoms with Crippen LogP contribution in [0.3, 0.4) is 0 Å². The molecule has 1 aromatic carbocycles. The van der Waals surface area contributed by atoms with Gasteiger partial charge < -0.3 is 15.9 Å². The second-order valence-corrected chi connectivity index (χ2v) is 5.05. The van der Waals surface area contributed by atoms with Crippen LogP contribution < -0.4 is 5.73 Å². The van der Waals surface area contributed by atoms with Crippen molar-refractivity contribution >= 4 is 29.1 Å². The third kappa shape index (κ3) is 4.93. The van der Waals surface area contributed by atoms with E-state index < -0.39 is 5.97 Å². The molecule has 20 heavy (non-hydrogen) atoms. The van der Waals surface area contributed by atoms with Gasteiger partial charge in [0.25, 0.3) is 0 Å². The van der Waals surface area contributed by atoms with E-state index in [0.29, 0.717) is 5.17 Å². The zero-order valence-electron chi connectivity index (χ0n) is 11.1. The molecule has 108 valence electrons. The summed E-state index contributed by atoms with van der Waals surface area (Å²) in [6, 6.07) is 4.38. The van der Waals surface area contributed by atoms with Gasteiger partial charge in [-0.05, 0) is 18.6 Å². The zero-order valence-corrected chi connectivity index (χ0v) is 11.9. The Labute approximate surface area is 121 Å². The van der Waals surface area contributed by atoms with Crippen LogP contribution in [0.25, 0.3) is 0 Å². The second kappa shape index (κ2) is 8.21. The first-order chi connectivity index (χ1) is 9.56. The molecular weight excluding hydrogens is 278 g/mol. The fraction of sp³-hybridized carbons (Fsp3) is 0.308. The van der Waals surface area contributed by atoms with Gasteiger partial charge in [-0.2, -0.15) is 5.10 Å². The standard InChI is InChI=1S/C13H17N3O3S/c1-2-3-7-20-13(14)16-15-8-9-5-4-6-10(11(9)17)12(18)19/h4-6,8,17H,2-3,7H2,1H3,(H2,14,16)(H,18,19). The van der Waals surface area contributed by atoms with Gasteiger partial charge in [0.2, 0.25) is 0 Å². The van der Waals surface area contributed by atoms with Crippen molar-refractivity contribution in [3.8, 4) is 5.75 Å². The normalized spacial score (nSPS) is 11.9. The van der Waals surface area contributed by atoms with Crippen molar-refractivity contribution in [2.45, 2.75) is 19.8 Å². The van der Waals surface area contributed by atoms with E-state index in [-0.39, 0.29) is 16.9 Å². The van der Waals surface area contributed by atoms with Gasteiger partial charge in [0.1, 0.15) is 11.3 Å². The summed E-state index contributed by atoms with van der Waals surface area (Å²) >= 11 is 1.41. The molecule has 0 heterocycles. The number of benzene rings is 1. The predicted octanol–water partition coefficient (Wildman–Crippen LogP) is 2.27. The third-order valence-corrected chi connectivity index (χ3v) is 3.27. The Balaban J connectivity index is 2.73. The van der Waals surface area contributed by atoms with Gasteiger partial charge in [-0.1, -0.05) is 31.2 Å². The van der Waals surface area contributed by atoms with Crippen LogP contribution in [0.1, 0.15) is 35.7 Å². The number of hydrogen-bond acceptors (Lipinski definition) is 5. The number of carboxylic acids is 1. The number of aromatic hydroxyl groups is 1. The molecule has 0 fully saturated rings. The van der Waals surface area contributed by atoms with Crippen molar-refractivity contribution in [1.82, 2.24) is 0 Å². The van der Waals surface area contributed by atoms with Crippen molar-refractivity contribution in [2.24, 2.45) is 15.9 Å². The van der Waals surface area contributed by atoms with E-state index in [4.69, 9.17) is 10.8 Å². The van der Waals surface area contributed by atoms with Gasteiger partial charge in [-0.25, -0.2) is 4.79 Å². The van der Waals surface area contributed by atoms with Crippen LogP contribution in [0.5, 0.6) is 5.75 Å². The van der Waals surface area contributed by atoms with Crippen LogP contribution in [0.15, 0.2) is 28.4 Å². The highest BCUT2D eigenvalue weighted by atomic mass is 32.2. The lowest BCUT2D eigenvalue weighted by atomic mass is 10.1. The highest BCUT2D eigenvalue weighted by Crippen LogP contribution is 2.20. The lowest BCUT2D eigenvalue weighted by Gasteiger charge is -2.01. The van der Waals surface area contributed by atoms with Crippen LogP contribution in [0.2, 0.25) is 0 Å². The highest BCUT2D eigenvalue weighted by molar-refractivity contribution is 8.13. The van der Waals surface area contributed by atoms with Crippen molar-refractivity contribution in [3.05, 3.63) is 29.3 Å². The number of unbranched alkanes of at least 4 members (excludes halogenated alkanes) is 1. The Hall–Kier alpha value is -2.02. The molecule has 0 aliphatic rings. The Kier molecular flexibility index (Phi) is 6.58. The second-order valence-electron chi connectivity index (χ2n) is 3.93. The summed E-state index contributed by atoms with van der Waals surface area (Å²) in [5.74, 6) is -0.659. The van der Waals surface area contributed by atoms with Crippen LogP contribution in [-0.4, -0.2) is 33.3 Å². The average molecular weight is 295 g/mol. The van der Waals surface area contributed by atoms with Gasteiger partial charge in [0, 0.05) is 11.3 Å². The molecule has 0 aromatic heterocycles. The van der Waals surface area contributed by atoms with Gasteiger partial charge in [-0.15, -0.1) is 5.10 Å². The minimum Gasteiger partial charge on any atom is -0.506 e. The Bertz CT molecular complexity index is 530. The maximum absolute atomic E-state index is 10.8. The first kappa shape index (κ1) is 16.0. The van der Waals surface area contributed by atoms with Crippen LogP contribution in [0, 0.1) is 0 Å². The van der Waals surface area contributed by atoms with E-state index in [0.717, 1.165) is 18.6 Å². The molecular formula is C13H17N3O3S. The maximum atomic E-state index is 10.8. The fourth-order valence-electron chi connectivity index (χ4n) is 1.34. The maximum Gasteiger partial charge on any atom is 0.339 e. The number of aromatic carboxylic acids is 1. The van der Waals surface area contributed by atoms with Crippen molar-refractivity contribution in [1.29, 1.82) is 0 Å². The van der Waals surface area contributed by atoms with E-state index >= 15 is 0 Å². The SMILES string of the molecule is CCCCSC(N)=NN=Cc1cccc(C(=O)O)c1O. The molecule has 7 heteroatoms. The molecule has 4 N–H and O–H groups in total. The number of nitrogens with zero attached hydrogens (tertiary/aromatic N) is 2.